The van der Waals surface area contributed by atoms with E-state index in [9.17, 15) is 18.0 Å². The van der Waals surface area contributed by atoms with E-state index < -0.39 is 28.5 Å². The SMILES string of the molecule is CC[C@H](C)NC(=O)[C@@H](Cc1ccccc1)N(Cc1ccccc1Cl)C(=O)CN(c1ccc(C23CC4CC(CC(C4)C2)C3)cc1)S(C)(=O)=O. The Kier molecular flexibility index (Phi) is 10.2. The van der Waals surface area contributed by atoms with E-state index in [1.165, 1.54) is 53.3 Å². The van der Waals surface area contributed by atoms with Gasteiger partial charge in [0.1, 0.15) is 12.6 Å². The highest BCUT2D eigenvalue weighted by atomic mass is 35.5. The molecule has 256 valence electrons. The molecule has 0 heterocycles. The van der Waals surface area contributed by atoms with Crippen LogP contribution in [-0.2, 0) is 38.0 Å². The minimum absolute atomic E-state index is 0.0481. The lowest BCUT2D eigenvalue weighted by Crippen LogP contribution is -2.54. The van der Waals surface area contributed by atoms with Crippen molar-refractivity contribution in [3.8, 4) is 0 Å². The van der Waals surface area contributed by atoms with Crippen LogP contribution in [0.3, 0.4) is 0 Å². The molecule has 3 aromatic rings. The van der Waals surface area contributed by atoms with Crippen LogP contribution in [0.5, 0.6) is 0 Å². The number of hydrogen-bond donors (Lipinski definition) is 1. The maximum atomic E-state index is 14.5. The molecule has 3 aromatic carbocycles. The molecule has 4 bridgehead atoms. The minimum atomic E-state index is -3.85. The number of hydrogen-bond acceptors (Lipinski definition) is 4. The molecule has 4 aliphatic carbocycles. The summed E-state index contributed by atoms with van der Waals surface area (Å²) < 4.78 is 27.9. The number of sulfonamides is 1. The van der Waals surface area contributed by atoms with Crippen LogP contribution in [0.2, 0.25) is 5.02 Å². The van der Waals surface area contributed by atoms with Crippen LogP contribution < -0.4 is 9.62 Å². The van der Waals surface area contributed by atoms with Crippen molar-refractivity contribution in [1.82, 2.24) is 10.2 Å². The van der Waals surface area contributed by atoms with E-state index in [1.807, 2.05) is 74.5 Å². The number of nitrogens with one attached hydrogen (secondary N) is 1. The first-order chi connectivity index (χ1) is 22.9. The van der Waals surface area contributed by atoms with Gasteiger partial charge in [-0.05, 0) is 110 Å². The number of nitrogens with zero attached hydrogens (tertiary/aromatic N) is 2. The van der Waals surface area contributed by atoms with Crippen LogP contribution in [0.1, 0.15) is 75.5 Å². The first-order valence-electron chi connectivity index (χ1n) is 17.4. The normalized spacial score (nSPS) is 24.1. The van der Waals surface area contributed by atoms with Crippen LogP contribution in [0.4, 0.5) is 5.69 Å². The summed E-state index contributed by atoms with van der Waals surface area (Å²) in [6, 6.07) is 23.7. The Morgan fingerprint density at radius 3 is 2.04 bits per heavy atom. The van der Waals surface area contributed by atoms with Crippen molar-refractivity contribution in [3.63, 3.8) is 0 Å². The quantitative estimate of drug-likeness (QED) is 0.207. The van der Waals surface area contributed by atoms with Gasteiger partial charge < -0.3 is 10.2 Å². The van der Waals surface area contributed by atoms with Crippen molar-refractivity contribution in [3.05, 3.63) is 101 Å². The van der Waals surface area contributed by atoms with Crippen molar-refractivity contribution in [1.29, 1.82) is 0 Å². The fourth-order valence-corrected chi connectivity index (χ4v) is 9.91. The van der Waals surface area contributed by atoms with Crippen molar-refractivity contribution in [2.45, 2.75) is 89.3 Å². The van der Waals surface area contributed by atoms with E-state index in [2.05, 4.69) is 17.4 Å². The van der Waals surface area contributed by atoms with Gasteiger partial charge in [-0.3, -0.25) is 13.9 Å². The molecule has 7 rings (SSSR count). The highest BCUT2D eigenvalue weighted by Crippen LogP contribution is 2.60. The van der Waals surface area contributed by atoms with Gasteiger partial charge in [-0.25, -0.2) is 8.42 Å². The Labute approximate surface area is 291 Å². The number of carbonyl (C=O) groups excluding carboxylic acids is 2. The lowest BCUT2D eigenvalue weighted by molar-refractivity contribution is -0.140. The number of amides is 2. The van der Waals surface area contributed by atoms with E-state index in [1.54, 1.807) is 6.07 Å². The Balaban J connectivity index is 1.31. The zero-order valence-corrected chi connectivity index (χ0v) is 29.8. The van der Waals surface area contributed by atoms with E-state index in [0.29, 0.717) is 16.3 Å². The average molecular weight is 690 g/mol. The highest BCUT2D eigenvalue weighted by molar-refractivity contribution is 7.92. The predicted octanol–water partition coefficient (Wildman–Crippen LogP) is 7.13. The third-order valence-corrected chi connectivity index (χ3v) is 12.6. The molecule has 2 atom stereocenters. The van der Waals surface area contributed by atoms with E-state index in [-0.39, 0.29) is 30.3 Å². The largest absolute Gasteiger partial charge is 0.352 e. The molecular weight excluding hydrogens is 642 g/mol. The average Bonchev–Trinajstić information content (AvgIpc) is 3.05. The van der Waals surface area contributed by atoms with E-state index >= 15 is 0 Å². The maximum absolute atomic E-state index is 14.5. The van der Waals surface area contributed by atoms with Gasteiger partial charge in [-0.2, -0.15) is 0 Å². The fraction of sp³-hybridized carbons (Fsp3) is 0.487. The van der Waals surface area contributed by atoms with Crippen LogP contribution in [0, 0.1) is 17.8 Å². The second-order valence-electron chi connectivity index (χ2n) is 14.7. The van der Waals surface area contributed by atoms with Gasteiger partial charge in [-0.1, -0.05) is 79.2 Å². The number of anilines is 1. The monoisotopic (exact) mass is 689 g/mol. The summed E-state index contributed by atoms with van der Waals surface area (Å²) in [5, 5.41) is 3.53. The van der Waals surface area contributed by atoms with Crippen LogP contribution in [0.15, 0.2) is 78.9 Å². The summed E-state index contributed by atoms with van der Waals surface area (Å²) in [6.07, 6.45) is 9.82. The Morgan fingerprint density at radius 2 is 1.48 bits per heavy atom. The summed E-state index contributed by atoms with van der Waals surface area (Å²) >= 11 is 6.58. The molecule has 7 nitrogen and oxygen atoms in total. The minimum Gasteiger partial charge on any atom is -0.352 e. The van der Waals surface area contributed by atoms with Crippen molar-refractivity contribution in [2.24, 2.45) is 17.8 Å². The van der Waals surface area contributed by atoms with Gasteiger partial charge in [0.15, 0.2) is 0 Å². The van der Waals surface area contributed by atoms with Gasteiger partial charge >= 0.3 is 0 Å². The molecule has 4 aliphatic rings. The van der Waals surface area contributed by atoms with E-state index in [4.69, 9.17) is 11.6 Å². The first-order valence-corrected chi connectivity index (χ1v) is 19.6. The summed E-state index contributed by atoms with van der Waals surface area (Å²) in [5.41, 5.74) is 3.47. The van der Waals surface area contributed by atoms with Gasteiger partial charge in [0.2, 0.25) is 21.8 Å². The van der Waals surface area contributed by atoms with Crippen molar-refractivity contribution < 1.29 is 18.0 Å². The third kappa shape index (κ3) is 7.60. The van der Waals surface area contributed by atoms with Gasteiger partial charge in [0, 0.05) is 24.0 Å². The molecule has 4 fully saturated rings. The summed E-state index contributed by atoms with van der Waals surface area (Å²) in [7, 11) is -3.85. The number of carbonyl (C=O) groups is 2. The molecule has 0 radical (unpaired) electrons. The standard InChI is InChI=1S/C39H48ClN3O4S/c1-4-27(2)41-38(45)36(21-28-10-6-5-7-11-28)42(25-32-12-8-9-13-35(32)40)37(44)26-43(48(3,46)47)34-16-14-33(15-17-34)39-22-29-18-30(23-39)20-31(19-29)24-39/h5-17,27,29-31,36H,4,18-26H2,1-3H3,(H,41,45)/t27-,29?,30?,31?,36+,39?/m0/s1. The summed E-state index contributed by atoms with van der Waals surface area (Å²) in [5.74, 6) is 1.62. The second-order valence-corrected chi connectivity index (χ2v) is 17.0. The number of halogens is 1. The smallest absolute Gasteiger partial charge is 0.244 e. The lowest BCUT2D eigenvalue weighted by Gasteiger charge is -2.57. The summed E-state index contributed by atoms with van der Waals surface area (Å²) in [6.45, 7) is 3.52. The molecule has 0 aliphatic heterocycles. The molecule has 0 spiro atoms. The molecule has 2 amide bonds. The predicted molar refractivity (Wildman–Crippen MR) is 192 cm³/mol. The van der Waals surface area contributed by atoms with Gasteiger partial charge in [-0.15, -0.1) is 0 Å². The second kappa shape index (κ2) is 14.2. The third-order valence-electron chi connectivity index (χ3n) is 11.1. The molecule has 4 saturated carbocycles. The lowest BCUT2D eigenvalue weighted by atomic mass is 9.48. The number of rotatable bonds is 13. The molecule has 1 N–H and O–H groups in total. The van der Waals surface area contributed by atoms with Crippen LogP contribution >= 0.6 is 11.6 Å². The Bertz CT molecular complexity index is 1680. The molecule has 0 aromatic heterocycles. The van der Waals surface area contributed by atoms with Crippen molar-refractivity contribution >= 4 is 39.1 Å². The molecule has 48 heavy (non-hydrogen) atoms. The highest BCUT2D eigenvalue weighted by Gasteiger charge is 2.51. The van der Waals surface area contributed by atoms with Crippen molar-refractivity contribution in [2.75, 3.05) is 17.1 Å². The fourth-order valence-electron chi connectivity index (χ4n) is 8.86. The number of benzene rings is 3. The Hall–Kier alpha value is -3.36. The zero-order chi connectivity index (χ0) is 34.1. The Morgan fingerprint density at radius 1 is 0.896 bits per heavy atom. The molecule has 0 saturated heterocycles. The zero-order valence-electron chi connectivity index (χ0n) is 28.3. The topological polar surface area (TPSA) is 86.8 Å². The maximum Gasteiger partial charge on any atom is 0.244 e. The molecule has 9 heteroatoms. The molecule has 0 unspecified atom stereocenters. The van der Waals surface area contributed by atoms with Crippen LogP contribution in [0.25, 0.3) is 0 Å². The van der Waals surface area contributed by atoms with Gasteiger partial charge in [0.05, 0.1) is 11.9 Å². The first kappa shape index (κ1) is 34.5. The molecular formula is C39H48ClN3O4S. The van der Waals surface area contributed by atoms with Gasteiger partial charge in [0.25, 0.3) is 0 Å². The summed E-state index contributed by atoms with van der Waals surface area (Å²) in [4.78, 5) is 29.9. The van der Waals surface area contributed by atoms with Crippen LogP contribution in [-0.4, -0.2) is 50.0 Å². The van der Waals surface area contributed by atoms with E-state index in [0.717, 1.165) is 36.0 Å².